The Balaban J connectivity index is 2.01. The summed E-state index contributed by atoms with van der Waals surface area (Å²) in [6.45, 7) is 2.45. The highest BCUT2D eigenvalue weighted by Crippen LogP contribution is 2.22. The minimum atomic E-state index is -0.00851. The normalized spacial score (nSPS) is 19.1. The van der Waals surface area contributed by atoms with Crippen LogP contribution in [0.25, 0.3) is 0 Å². The summed E-state index contributed by atoms with van der Waals surface area (Å²) in [4.78, 5) is 10.5. The van der Waals surface area contributed by atoms with Crippen molar-refractivity contribution in [1.82, 2.24) is 10.9 Å². The van der Waals surface area contributed by atoms with Gasteiger partial charge in [0.25, 0.3) is 0 Å². The van der Waals surface area contributed by atoms with Gasteiger partial charge in [-0.25, -0.2) is 5.43 Å². The van der Waals surface area contributed by atoms with Crippen molar-refractivity contribution in [2.75, 3.05) is 6.54 Å². The Kier molecular flexibility index (Phi) is 4.08. The Bertz CT molecular complexity index is 141. The third-order valence-electron chi connectivity index (χ3n) is 2.38. The van der Waals surface area contributed by atoms with E-state index in [0.717, 1.165) is 12.5 Å². The molecule has 0 radical (unpaired) electrons. The van der Waals surface area contributed by atoms with Gasteiger partial charge in [-0.2, -0.15) is 0 Å². The zero-order chi connectivity index (χ0) is 8.81. The second kappa shape index (κ2) is 5.14. The molecule has 0 unspecified atom stereocenters. The molecule has 0 aliphatic heterocycles. The highest BCUT2D eigenvalue weighted by atomic mass is 16.2. The van der Waals surface area contributed by atoms with E-state index in [1.807, 2.05) is 0 Å². The van der Waals surface area contributed by atoms with E-state index < -0.39 is 0 Å². The Morgan fingerprint density at radius 2 is 2.00 bits per heavy atom. The molecule has 0 bridgehead atoms. The summed E-state index contributed by atoms with van der Waals surface area (Å²) in [6, 6.07) is 0. The van der Waals surface area contributed by atoms with Crippen LogP contribution in [0.15, 0.2) is 0 Å². The van der Waals surface area contributed by atoms with Crippen LogP contribution in [-0.2, 0) is 4.79 Å². The number of amides is 1. The molecule has 2 N–H and O–H groups in total. The van der Waals surface area contributed by atoms with Gasteiger partial charge in [0, 0.05) is 13.5 Å². The van der Waals surface area contributed by atoms with Crippen molar-refractivity contribution < 1.29 is 4.79 Å². The van der Waals surface area contributed by atoms with Crippen LogP contribution < -0.4 is 10.9 Å². The summed E-state index contributed by atoms with van der Waals surface area (Å²) < 4.78 is 0. The number of hydrazine groups is 1. The molecule has 0 saturated heterocycles. The monoisotopic (exact) mass is 170 g/mol. The minimum absolute atomic E-state index is 0.00851. The lowest BCUT2D eigenvalue weighted by molar-refractivity contribution is -0.120. The van der Waals surface area contributed by atoms with Gasteiger partial charge in [-0.1, -0.05) is 19.3 Å². The van der Waals surface area contributed by atoms with E-state index in [0.29, 0.717) is 0 Å². The molecular weight excluding hydrogens is 152 g/mol. The first-order chi connectivity index (χ1) is 5.79. The van der Waals surface area contributed by atoms with Gasteiger partial charge in [-0.3, -0.25) is 10.2 Å². The molecule has 3 heteroatoms. The number of hydrogen-bond acceptors (Lipinski definition) is 2. The van der Waals surface area contributed by atoms with Crippen LogP contribution in [-0.4, -0.2) is 12.5 Å². The highest BCUT2D eigenvalue weighted by Gasteiger charge is 2.12. The molecule has 1 fully saturated rings. The van der Waals surface area contributed by atoms with Gasteiger partial charge in [0.15, 0.2) is 0 Å². The molecule has 0 atom stereocenters. The third-order valence-corrected chi connectivity index (χ3v) is 2.38. The summed E-state index contributed by atoms with van der Waals surface area (Å²) in [5.74, 6) is 0.761. The van der Waals surface area contributed by atoms with E-state index in [-0.39, 0.29) is 5.91 Å². The lowest BCUT2D eigenvalue weighted by Crippen LogP contribution is -2.39. The Morgan fingerprint density at radius 1 is 1.33 bits per heavy atom. The molecule has 1 aliphatic rings. The van der Waals surface area contributed by atoms with Crippen molar-refractivity contribution >= 4 is 5.91 Å². The predicted molar refractivity (Wildman–Crippen MR) is 48.4 cm³/mol. The second-order valence-corrected chi connectivity index (χ2v) is 3.57. The molecule has 1 rings (SSSR count). The lowest BCUT2D eigenvalue weighted by Gasteiger charge is -2.21. The Labute approximate surface area is 73.9 Å². The molecule has 1 aliphatic carbocycles. The topological polar surface area (TPSA) is 41.1 Å². The molecular formula is C9H18N2O. The number of nitrogens with one attached hydrogen (secondary N) is 2. The summed E-state index contributed by atoms with van der Waals surface area (Å²) in [5.41, 5.74) is 5.56. The lowest BCUT2D eigenvalue weighted by atomic mass is 9.89. The van der Waals surface area contributed by atoms with Crippen LogP contribution in [0.5, 0.6) is 0 Å². The first-order valence-electron chi connectivity index (χ1n) is 4.78. The van der Waals surface area contributed by atoms with Gasteiger partial charge in [0.05, 0.1) is 0 Å². The molecule has 0 aromatic rings. The zero-order valence-corrected chi connectivity index (χ0v) is 7.73. The summed E-state index contributed by atoms with van der Waals surface area (Å²) in [6.07, 6.45) is 6.72. The summed E-state index contributed by atoms with van der Waals surface area (Å²) in [5, 5.41) is 0. The van der Waals surface area contributed by atoms with E-state index >= 15 is 0 Å². The molecule has 0 aromatic carbocycles. The van der Waals surface area contributed by atoms with Gasteiger partial charge in [0.1, 0.15) is 0 Å². The molecule has 1 saturated carbocycles. The van der Waals surface area contributed by atoms with Gasteiger partial charge in [-0.15, -0.1) is 0 Å². The molecule has 0 heterocycles. The van der Waals surface area contributed by atoms with E-state index in [2.05, 4.69) is 10.9 Å². The fourth-order valence-corrected chi connectivity index (χ4v) is 1.71. The average molecular weight is 170 g/mol. The van der Waals surface area contributed by atoms with Crippen molar-refractivity contribution in [2.24, 2.45) is 5.92 Å². The van der Waals surface area contributed by atoms with E-state index in [1.165, 1.54) is 39.0 Å². The molecule has 0 spiro atoms. The van der Waals surface area contributed by atoms with Crippen LogP contribution in [0.4, 0.5) is 0 Å². The summed E-state index contributed by atoms with van der Waals surface area (Å²) in [7, 11) is 0. The van der Waals surface area contributed by atoms with Crippen molar-refractivity contribution in [3.63, 3.8) is 0 Å². The first-order valence-corrected chi connectivity index (χ1v) is 4.78. The minimum Gasteiger partial charge on any atom is -0.292 e. The molecule has 3 nitrogen and oxygen atoms in total. The average Bonchev–Trinajstić information content (AvgIpc) is 2.05. The van der Waals surface area contributed by atoms with Crippen LogP contribution in [0, 0.1) is 5.92 Å². The first kappa shape index (κ1) is 9.52. The molecule has 70 valence electrons. The van der Waals surface area contributed by atoms with Gasteiger partial charge < -0.3 is 0 Å². The van der Waals surface area contributed by atoms with E-state index in [9.17, 15) is 4.79 Å². The van der Waals surface area contributed by atoms with Gasteiger partial charge in [0.2, 0.25) is 5.91 Å². The van der Waals surface area contributed by atoms with Crippen molar-refractivity contribution in [2.45, 2.75) is 39.0 Å². The number of hydrogen-bond donors (Lipinski definition) is 2. The quantitative estimate of drug-likeness (QED) is 0.625. The fourth-order valence-electron chi connectivity index (χ4n) is 1.71. The van der Waals surface area contributed by atoms with E-state index in [4.69, 9.17) is 0 Å². The molecule has 0 aromatic heterocycles. The van der Waals surface area contributed by atoms with Crippen molar-refractivity contribution in [3.05, 3.63) is 0 Å². The smallest absolute Gasteiger partial charge is 0.230 e. The summed E-state index contributed by atoms with van der Waals surface area (Å²) >= 11 is 0. The third kappa shape index (κ3) is 3.72. The fraction of sp³-hybridized carbons (Fsp3) is 0.889. The van der Waals surface area contributed by atoms with Crippen LogP contribution in [0.2, 0.25) is 0 Å². The van der Waals surface area contributed by atoms with Gasteiger partial charge >= 0.3 is 0 Å². The van der Waals surface area contributed by atoms with Crippen LogP contribution in [0.1, 0.15) is 39.0 Å². The maximum atomic E-state index is 10.5. The zero-order valence-electron chi connectivity index (χ0n) is 7.73. The number of carbonyl (C=O) groups is 1. The maximum absolute atomic E-state index is 10.5. The van der Waals surface area contributed by atoms with E-state index in [1.54, 1.807) is 0 Å². The largest absolute Gasteiger partial charge is 0.292 e. The molecule has 1 amide bonds. The number of rotatable bonds is 3. The van der Waals surface area contributed by atoms with Crippen molar-refractivity contribution in [3.8, 4) is 0 Å². The highest BCUT2D eigenvalue weighted by molar-refractivity contribution is 5.72. The standard InChI is InChI=1S/C9H18N2O/c1-8(12)11-10-7-9-5-3-2-4-6-9/h9-10H,2-7H2,1H3,(H,11,12). The number of carbonyl (C=O) groups excluding carboxylic acids is 1. The Morgan fingerprint density at radius 3 is 2.58 bits per heavy atom. The van der Waals surface area contributed by atoms with Crippen LogP contribution in [0.3, 0.4) is 0 Å². The second-order valence-electron chi connectivity index (χ2n) is 3.57. The van der Waals surface area contributed by atoms with Gasteiger partial charge in [-0.05, 0) is 18.8 Å². The predicted octanol–water partition coefficient (Wildman–Crippen LogP) is 1.21. The maximum Gasteiger partial charge on any atom is 0.230 e. The van der Waals surface area contributed by atoms with Crippen LogP contribution >= 0.6 is 0 Å². The van der Waals surface area contributed by atoms with Crippen molar-refractivity contribution in [1.29, 1.82) is 0 Å². The Hall–Kier alpha value is -0.570. The molecule has 12 heavy (non-hydrogen) atoms. The SMILES string of the molecule is CC(=O)NNCC1CCCCC1.